The number of hydrogen-bond donors (Lipinski definition) is 1. The van der Waals surface area contributed by atoms with E-state index in [4.69, 9.17) is 9.84 Å². The fourth-order valence-corrected chi connectivity index (χ4v) is 4.86. The van der Waals surface area contributed by atoms with Crippen LogP contribution in [0.3, 0.4) is 0 Å². The molecular weight excluding hydrogens is 422 g/mol. The molecule has 1 aromatic carbocycles. The molecule has 0 aliphatic carbocycles. The smallest absolute Gasteiger partial charge is 0.410 e. The largest absolute Gasteiger partial charge is 0.481 e. The molecular formula is C24H37N5O4. The number of benzene rings is 1. The molecule has 4 rings (SSSR count). The highest BCUT2D eigenvalue weighted by Gasteiger charge is 2.33. The van der Waals surface area contributed by atoms with Gasteiger partial charge in [0.05, 0.1) is 13.0 Å². The van der Waals surface area contributed by atoms with Gasteiger partial charge in [-0.15, -0.1) is 0 Å². The quantitative estimate of drug-likeness (QED) is 0.548. The molecule has 1 atom stereocenters. The van der Waals surface area contributed by atoms with E-state index in [1.807, 2.05) is 4.90 Å². The molecule has 0 saturated carbocycles. The number of ether oxygens (including phenoxy) is 1. The number of cyclic esters (lactones) is 1. The summed E-state index contributed by atoms with van der Waals surface area (Å²) in [6, 6.07) is 10.6. The molecule has 1 aromatic rings. The van der Waals surface area contributed by atoms with Crippen molar-refractivity contribution in [2.45, 2.75) is 19.1 Å². The Hall–Kier alpha value is -2.20. The van der Waals surface area contributed by atoms with E-state index in [0.717, 1.165) is 78.5 Å². The zero-order valence-corrected chi connectivity index (χ0v) is 19.5. The summed E-state index contributed by atoms with van der Waals surface area (Å²) in [6.07, 6.45) is -0.0781. The Morgan fingerprint density at radius 2 is 1.45 bits per heavy atom. The third-order valence-corrected chi connectivity index (χ3v) is 6.92. The predicted molar refractivity (Wildman–Crippen MR) is 125 cm³/mol. The van der Waals surface area contributed by atoms with E-state index in [-0.39, 0.29) is 18.6 Å². The Bertz CT molecular complexity index is 763. The lowest BCUT2D eigenvalue weighted by Crippen LogP contribution is -2.49. The zero-order valence-electron chi connectivity index (χ0n) is 19.5. The summed E-state index contributed by atoms with van der Waals surface area (Å²) in [6.45, 7) is 12.3. The molecule has 3 fully saturated rings. The Kier molecular flexibility index (Phi) is 8.55. The molecule has 33 heavy (non-hydrogen) atoms. The van der Waals surface area contributed by atoms with Crippen LogP contribution >= 0.6 is 0 Å². The van der Waals surface area contributed by atoms with Crippen LogP contribution in [0.25, 0.3) is 0 Å². The Morgan fingerprint density at radius 3 is 2.12 bits per heavy atom. The minimum atomic E-state index is -0.746. The number of carbonyl (C=O) groups is 2. The van der Waals surface area contributed by atoms with Crippen LogP contribution in [0.15, 0.2) is 30.3 Å². The predicted octanol–water partition coefficient (Wildman–Crippen LogP) is 0.717. The summed E-state index contributed by atoms with van der Waals surface area (Å²) in [5, 5.41) is 8.83. The fourth-order valence-electron chi connectivity index (χ4n) is 4.86. The van der Waals surface area contributed by atoms with E-state index in [1.54, 1.807) is 0 Å². The van der Waals surface area contributed by atoms with Gasteiger partial charge < -0.3 is 19.6 Å². The van der Waals surface area contributed by atoms with Gasteiger partial charge in [0.25, 0.3) is 0 Å². The maximum absolute atomic E-state index is 12.4. The minimum Gasteiger partial charge on any atom is -0.481 e. The van der Waals surface area contributed by atoms with Crippen molar-refractivity contribution in [2.75, 3.05) is 85.1 Å². The highest BCUT2D eigenvalue weighted by atomic mass is 16.6. The molecule has 1 amide bonds. The fraction of sp³-hybridized carbons (Fsp3) is 0.667. The first-order valence-corrected chi connectivity index (χ1v) is 12.2. The van der Waals surface area contributed by atoms with Crippen molar-refractivity contribution < 1.29 is 19.4 Å². The minimum absolute atomic E-state index is 0.0780. The Morgan fingerprint density at radius 1 is 0.848 bits per heavy atom. The number of nitrogens with zero attached hydrogens (tertiary/aromatic N) is 5. The number of piperazine rings is 2. The molecule has 1 unspecified atom stereocenters. The van der Waals surface area contributed by atoms with Crippen molar-refractivity contribution in [3.8, 4) is 0 Å². The second-order valence-electron chi connectivity index (χ2n) is 9.34. The number of carboxylic acid groups (broad SMARTS) is 1. The molecule has 0 aromatic heterocycles. The highest BCUT2D eigenvalue weighted by Crippen LogP contribution is 2.15. The van der Waals surface area contributed by atoms with Crippen LogP contribution in [0.1, 0.15) is 12.0 Å². The van der Waals surface area contributed by atoms with Crippen molar-refractivity contribution in [3.63, 3.8) is 0 Å². The van der Waals surface area contributed by atoms with Crippen molar-refractivity contribution in [3.05, 3.63) is 35.9 Å². The lowest BCUT2D eigenvalue weighted by atomic mass is 10.2. The average Bonchev–Trinajstić information content (AvgIpc) is 3.17. The topological polar surface area (TPSA) is 79.8 Å². The van der Waals surface area contributed by atoms with Crippen LogP contribution in [-0.2, 0) is 16.1 Å². The van der Waals surface area contributed by atoms with Gasteiger partial charge in [-0.3, -0.25) is 19.5 Å². The first-order chi connectivity index (χ1) is 16.0. The molecule has 182 valence electrons. The summed E-state index contributed by atoms with van der Waals surface area (Å²) in [5.74, 6) is -0.746. The van der Waals surface area contributed by atoms with Gasteiger partial charge in [0.1, 0.15) is 6.10 Å². The molecule has 3 aliphatic rings. The number of amides is 1. The molecule has 1 N–H and O–H groups in total. The first kappa shape index (κ1) is 23.9. The number of rotatable bonds is 10. The van der Waals surface area contributed by atoms with Crippen LogP contribution in [-0.4, -0.2) is 133 Å². The Balaban J connectivity index is 1.11. The molecule has 0 radical (unpaired) electrons. The van der Waals surface area contributed by atoms with Gasteiger partial charge >= 0.3 is 12.1 Å². The lowest BCUT2D eigenvalue weighted by molar-refractivity contribution is -0.137. The molecule has 0 spiro atoms. The van der Waals surface area contributed by atoms with Crippen molar-refractivity contribution in [1.29, 1.82) is 0 Å². The van der Waals surface area contributed by atoms with Gasteiger partial charge in [0.2, 0.25) is 0 Å². The van der Waals surface area contributed by atoms with Crippen LogP contribution in [0.4, 0.5) is 4.79 Å². The van der Waals surface area contributed by atoms with Crippen molar-refractivity contribution in [1.82, 2.24) is 24.5 Å². The molecule has 3 heterocycles. The van der Waals surface area contributed by atoms with Crippen LogP contribution < -0.4 is 0 Å². The van der Waals surface area contributed by atoms with E-state index in [1.165, 1.54) is 5.56 Å². The third-order valence-electron chi connectivity index (χ3n) is 6.92. The molecule has 0 bridgehead atoms. The third kappa shape index (κ3) is 7.40. The summed E-state index contributed by atoms with van der Waals surface area (Å²) in [5.41, 5.74) is 1.36. The number of hydrogen-bond acceptors (Lipinski definition) is 7. The van der Waals surface area contributed by atoms with Gasteiger partial charge in [-0.25, -0.2) is 4.79 Å². The monoisotopic (exact) mass is 459 g/mol. The van der Waals surface area contributed by atoms with E-state index in [2.05, 4.69) is 49.9 Å². The van der Waals surface area contributed by atoms with E-state index >= 15 is 0 Å². The maximum Gasteiger partial charge on any atom is 0.410 e. The number of carboxylic acids is 1. The highest BCUT2D eigenvalue weighted by molar-refractivity contribution is 5.69. The second kappa shape index (κ2) is 11.8. The zero-order chi connectivity index (χ0) is 23.0. The summed E-state index contributed by atoms with van der Waals surface area (Å²) in [4.78, 5) is 34.4. The number of aliphatic carboxylic acids is 1. The summed E-state index contributed by atoms with van der Waals surface area (Å²) >= 11 is 0. The lowest BCUT2D eigenvalue weighted by Gasteiger charge is -2.35. The first-order valence-electron chi connectivity index (χ1n) is 12.2. The van der Waals surface area contributed by atoms with E-state index in [9.17, 15) is 9.59 Å². The van der Waals surface area contributed by atoms with E-state index in [0.29, 0.717) is 13.1 Å². The standard InChI is InChI=1S/C24H37N5O4/c30-23(31)6-7-25-8-14-28(15-9-25)19-22-20-29(24(32)33-22)17-16-26-10-12-27(13-11-26)18-21-4-2-1-3-5-21/h1-5,22H,6-20H2,(H,30,31). The SMILES string of the molecule is O=C(O)CCN1CCN(CC2CN(CCN3CCN(Cc4ccccc4)CC3)C(=O)O2)CC1. The van der Waals surface area contributed by atoms with Crippen LogP contribution in [0, 0.1) is 0 Å². The van der Waals surface area contributed by atoms with Crippen molar-refractivity contribution >= 4 is 12.1 Å². The van der Waals surface area contributed by atoms with Gasteiger partial charge in [-0.2, -0.15) is 0 Å². The molecule has 3 aliphatic heterocycles. The van der Waals surface area contributed by atoms with Crippen molar-refractivity contribution in [2.24, 2.45) is 0 Å². The van der Waals surface area contributed by atoms with Gasteiger partial charge in [0, 0.05) is 85.1 Å². The second-order valence-corrected chi connectivity index (χ2v) is 9.34. The van der Waals surface area contributed by atoms with Gasteiger partial charge in [-0.05, 0) is 5.56 Å². The van der Waals surface area contributed by atoms with Gasteiger partial charge in [0.15, 0.2) is 0 Å². The summed E-state index contributed by atoms with van der Waals surface area (Å²) < 4.78 is 5.63. The van der Waals surface area contributed by atoms with Crippen LogP contribution in [0.2, 0.25) is 0 Å². The van der Waals surface area contributed by atoms with E-state index < -0.39 is 5.97 Å². The summed E-state index contributed by atoms with van der Waals surface area (Å²) in [7, 11) is 0. The maximum atomic E-state index is 12.4. The number of carbonyl (C=O) groups excluding carboxylic acids is 1. The van der Waals surface area contributed by atoms with Crippen LogP contribution in [0.5, 0.6) is 0 Å². The van der Waals surface area contributed by atoms with Gasteiger partial charge in [-0.1, -0.05) is 30.3 Å². The Labute approximate surface area is 196 Å². The average molecular weight is 460 g/mol. The normalized spacial score (nSPS) is 23.7. The molecule has 3 saturated heterocycles. The molecule has 9 nitrogen and oxygen atoms in total. The molecule has 9 heteroatoms.